The van der Waals surface area contributed by atoms with Crippen LogP contribution in [0.4, 0.5) is 0 Å². The Morgan fingerprint density at radius 3 is 2.68 bits per heavy atom. The van der Waals surface area contributed by atoms with E-state index in [2.05, 4.69) is 5.10 Å². The minimum atomic E-state index is -0.549. The molecule has 1 unspecified atom stereocenters. The first-order valence-electron chi connectivity index (χ1n) is 10.1. The largest absolute Gasteiger partial charge is 0.458 e. The number of nitrogens with zero attached hydrogens (tertiary/aromatic N) is 4. The molecule has 1 aliphatic carbocycles. The van der Waals surface area contributed by atoms with Gasteiger partial charge in [0.25, 0.3) is 0 Å². The number of fused-ring (bicyclic) bond motifs is 1. The summed E-state index contributed by atoms with van der Waals surface area (Å²) in [7, 11) is 0. The lowest BCUT2D eigenvalue weighted by Gasteiger charge is -2.32. The molecule has 146 valence electrons. The molecular formula is C21H24N4O3. The fourth-order valence-electron chi connectivity index (χ4n) is 4.88. The second-order valence-electron chi connectivity index (χ2n) is 8.02. The van der Waals surface area contributed by atoms with Crippen LogP contribution in [0.2, 0.25) is 0 Å². The maximum Gasteiger partial charge on any atom is 0.307 e. The van der Waals surface area contributed by atoms with Gasteiger partial charge in [0, 0.05) is 25.1 Å². The van der Waals surface area contributed by atoms with Crippen molar-refractivity contribution in [3.8, 4) is 11.4 Å². The molecule has 1 spiro atoms. The average Bonchev–Trinajstić information content (AvgIpc) is 3.39. The van der Waals surface area contributed by atoms with Gasteiger partial charge in [-0.25, -0.2) is 9.67 Å². The third-order valence-corrected chi connectivity index (χ3v) is 6.35. The summed E-state index contributed by atoms with van der Waals surface area (Å²) in [5, 5.41) is 4.64. The van der Waals surface area contributed by atoms with E-state index in [-0.39, 0.29) is 24.2 Å². The highest BCUT2D eigenvalue weighted by molar-refractivity contribution is 5.88. The molecule has 1 amide bonds. The standard InChI is InChI=1S/C21H24N4O3/c26-18-14-16(21(28-18)9-4-5-10-21)20(27)24-11-8-17-22-19(23-25(17)13-12-24)15-6-2-1-3-7-15/h1-3,6-7,16H,4-5,8-14H2. The van der Waals surface area contributed by atoms with Gasteiger partial charge in [-0.15, -0.1) is 0 Å². The maximum absolute atomic E-state index is 13.3. The van der Waals surface area contributed by atoms with Gasteiger partial charge in [-0.3, -0.25) is 9.59 Å². The molecule has 1 saturated heterocycles. The van der Waals surface area contributed by atoms with Crippen LogP contribution in [0.15, 0.2) is 30.3 Å². The molecule has 1 atom stereocenters. The first kappa shape index (κ1) is 17.4. The summed E-state index contributed by atoms with van der Waals surface area (Å²) in [5.74, 6) is 1.14. The van der Waals surface area contributed by atoms with Crippen LogP contribution >= 0.6 is 0 Å². The molecular weight excluding hydrogens is 356 g/mol. The molecule has 28 heavy (non-hydrogen) atoms. The first-order valence-corrected chi connectivity index (χ1v) is 10.1. The Bertz CT molecular complexity index is 876. The SMILES string of the molecule is O=C1CC(C(=O)N2CCc3nc(-c4ccccc4)nn3CC2)C2(CCCC2)O1. The van der Waals surface area contributed by atoms with Crippen molar-refractivity contribution in [3.63, 3.8) is 0 Å². The normalized spacial score (nSPS) is 23.5. The molecule has 0 radical (unpaired) electrons. The van der Waals surface area contributed by atoms with Crippen LogP contribution in [0.5, 0.6) is 0 Å². The number of esters is 1. The van der Waals surface area contributed by atoms with Crippen molar-refractivity contribution in [1.29, 1.82) is 0 Å². The quantitative estimate of drug-likeness (QED) is 0.747. The number of benzene rings is 1. The fraction of sp³-hybridized carbons (Fsp3) is 0.524. The predicted octanol–water partition coefficient (Wildman–Crippen LogP) is 2.21. The number of carbonyl (C=O) groups is 2. The van der Waals surface area contributed by atoms with Crippen molar-refractivity contribution in [2.75, 3.05) is 13.1 Å². The van der Waals surface area contributed by atoms with Crippen LogP contribution in [0, 0.1) is 5.92 Å². The van der Waals surface area contributed by atoms with Crippen LogP contribution in [0.3, 0.4) is 0 Å². The Kier molecular flexibility index (Phi) is 4.18. The summed E-state index contributed by atoms with van der Waals surface area (Å²) < 4.78 is 7.57. The average molecular weight is 380 g/mol. The molecule has 1 aromatic carbocycles. The van der Waals surface area contributed by atoms with Gasteiger partial charge >= 0.3 is 5.97 Å². The monoisotopic (exact) mass is 380 g/mol. The Hall–Kier alpha value is -2.70. The summed E-state index contributed by atoms with van der Waals surface area (Å²) in [4.78, 5) is 31.8. The van der Waals surface area contributed by atoms with Crippen molar-refractivity contribution < 1.29 is 14.3 Å². The van der Waals surface area contributed by atoms with E-state index in [1.54, 1.807) is 0 Å². The molecule has 1 aromatic heterocycles. The van der Waals surface area contributed by atoms with Gasteiger partial charge in [0.05, 0.1) is 18.9 Å². The second kappa shape index (κ2) is 6.72. The van der Waals surface area contributed by atoms with E-state index < -0.39 is 5.60 Å². The zero-order chi connectivity index (χ0) is 19.1. The summed E-state index contributed by atoms with van der Waals surface area (Å²) in [6, 6.07) is 9.94. The van der Waals surface area contributed by atoms with Crippen LogP contribution in [-0.2, 0) is 27.3 Å². The van der Waals surface area contributed by atoms with Gasteiger partial charge in [0.15, 0.2) is 5.82 Å². The Labute approximate surface area is 163 Å². The zero-order valence-corrected chi connectivity index (χ0v) is 15.8. The summed E-state index contributed by atoms with van der Waals surface area (Å²) in [5.41, 5.74) is 0.452. The fourth-order valence-corrected chi connectivity index (χ4v) is 4.88. The molecule has 2 aliphatic heterocycles. The first-order chi connectivity index (χ1) is 13.6. The van der Waals surface area contributed by atoms with Gasteiger partial charge in [-0.1, -0.05) is 30.3 Å². The van der Waals surface area contributed by atoms with Gasteiger partial charge in [-0.2, -0.15) is 5.10 Å². The topological polar surface area (TPSA) is 77.3 Å². The highest BCUT2D eigenvalue weighted by Crippen LogP contribution is 2.46. The number of hydrogen-bond acceptors (Lipinski definition) is 5. The third kappa shape index (κ3) is 2.89. The Morgan fingerprint density at radius 2 is 1.89 bits per heavy atom. The lowest BCUT2D eigenvalue weighted by Crippen LogP contribution is -2.45. The maximum atomic E-state index is 13.3. The molecule has 3 aliphatic rings. The molecule has 7 nitrogen and oxygen atoms in total. The number of hydrogen-bond donors (Lipinski definition) is 0. The third-order valence-electron chi connectivity index (χ3n) is 6.35. The molecule has 2 fully saturated rings. The Morgan fingerprint density at radius 1 is 1.11 bits per heavy atom. The number of amides is 1. The van der Waals surface area contributed by atoms with Crippen molar-refractivity contribution in [3.05, 3.63) is 36.2 Å². The molecule has 1 saturated carbocycles. The van der Waals surface area contributed by atoms with Crippen LogP contribution in [0.1, 0.15) is 37.9 Å². The van der Waals surface area contributed by atoms with Crippen LogP contribution in [0.25, 0.3) is 11.4 Å². The summed E-state index contributed by atoms with van der Waals surface area (Å²) in [6.07, 6.45) is 4.56. The van der Waals surface area contributed by atoms with Crippen molar-refractivity contribution in [1.82, 2.24) is 19.7 Å². The number of aromatic nitrogens is 3. The predicted molar refractivity (Wildman–Crippen MR) is 101 cm³/mol. The number of rotatable bonds is 2. The van der Waals surface area contributed by atoms with E-state index in [9.17, 15) is 9.59 Å². The van der Waals surface area contributed by atoms with Gasteiger partial charge in [0.1, 0.15) is 11.4 Å². The van der Waals surface area contributed by atoms with E-state index in [1.165, 1.54) is 0 Å². The molecule has 7 heteroatoms. The van der Waals surface area contributed by atoms with Gasteiger partial charge in [-0.05, 0) is 25.7 Å². The van der Waals surface area contributed by atoms with Crippen molar-refractivity contribution in [2.45, 2.75) is 50.7 Å². The van der Waals surface area contributed by atoms with Gasteiger partial charge in [0.2, 0.25) is 5.91 Å². The van der Waals surface area contributed by atoms with Crippen LogP contribution in [-0.4, -0.2) is 50.2 Å². The van der Waals surface area contributed by atoms with E-state index in [0.29, 0.717) is 26.1 Å². The van der Waals surface area contributed by atoms with E-state index in [4.69, 9.17) is 9.72 Å². The highest BCUT2D eigenvalue weighted by Gasteiger charge is 2.54. The van der Waals surface area contributed by atoms with E-state index in [1.807, 2.05) is 39.9 Å². The minimum Gasteiger partial charge on any atom is -0.458 e. The summed E-state index contributed by atoms with van der Waals surface area (Å²) >= 11 is 0. The van der Waals surface area contributed by atoms with Crippen LogP contribution < -0.4 is 0 Å². The molecule has 0 N–H and O–H groups in total. The van der Waals surface area contributed by atoms with Crippen molar-refractivity contribution in [2.24, 2.45) is 5.92 Å². The molecule has 2 aromatic rings. The minimum absolute atomic E-state index is 0.0572. The zero-order valence-electron chi connectivity index (χ0n) is 15.8. The molecule has 3 heterocycles. The summed E-state index contributed by atoms with van der Waals surface area (Å²) in [6.45, 7) is 1.81. The van der Waals surface area contributed by atoms with E-state index in [0.717, 1.165) is 42.9 Å². The number of ether oxygens (including phenoxy) is 1. The van der Waals surface area contributed by atoms with Crippen molar-refractivity contribution >= 4 is 11.9 Å². The smallest absolute Gasteiger partial charge is 0.307 e. The lowest BCUT2D eigenvalue weighted by atomic mass is 9.84. The second-order valence-corrected chi connectivity index (χ2v) is 8.02. The van der Waals surface area contributed by atoms with E-state index >= 15 is 0 Å². The Balaban J connectivity index is 1.32. The highest BCUT2D eigenvalue weighted by atomic mass is 16.6. The molecule has 0 bridgehead atoms. The number of carbonyl (C=O) groups excluding carboxylic acids is 2. The molecule has 5 rings (SSSR count). The lowest BCUT2D eigenvalue weighted by molar-refractivity contribution is -0.151. The van der Waals surface area contributed by atoms with Gasteiger partial charge < -0.3 is 9.64 Å².